The third-order valence-electron chi connectivity index (χ3n) is 4.68. The van der Waals surface area contributed by atoms with E-state index in [1.807, 2.05) is 19.1 Å². The van der Waals surface area contributed by atoms with Crippen LogP contribution < -0.4 is 9.47 Å². The van der Waals surface area contributed by atoms with Crippen LogP contribution in [0.1, 0.15) is 55.3 Å². The molecule has 0 radical (unpaired) electrons. The summed E-state index contributed by atoms with van der Waals surface area (Å²) in [5.74, 6) is 2.71. The molecule has 1 aromatic carbocycles. The van der Waals surface area contributed by atoms with Crippen molar-refractivity contribution in [2.75, 3.05) is 20.8 Å². The van der Waals surface area contributed by atoms with Gasteiger partial charge in [0.05, 0.1) is 26.4 Å². The first-order chi connectivity index (χ1) is 12.1. The first-order valence-corrected chi connectivity index (χ1v) is 8.57. The molecule has 2 atom stereocenters. The van der Waals surface area contributed by atoms with Gasteiger partial charge < -0.3 is 19.1 Å². The van der Waals surface area contributed by atoms with Crippen molar-refractivity contribution in [3.63, 3.8) is 0 Å². The molecule has 0 spiro atoms. The van der Waals surface area contributed by atoms with Gasteiger partial charge in [0.15, 0.2) is 5.82 Å². The Morgan fingerprint density at radius 2 is 2.04 bits per heavy atom. The number of nitrogens with zero attached hydrogens (tertiary/aromatic N) is 3. The predicted molar refractivity (Wildman–Crippen MR) is 91.6 cm³/mol. The van der Waals surface area contributed by atoms with Crippen molar-refractivity contribution >= 4 is 0 Å². The summed E-state index contributed by atoms with van der Waals surface area (Å²) in [5.41, 5.74) is 1.73. The Labute approximate surface area is 147 Å². The lowest BCUT2D eigenvalue weighted by Crippen LogP contribution is -2.36. The van der Waals surface area contributed by atoms with Gasteiger partial charge in [-0.15, -0.1) is 0 Å². The lowest BCUT2D eigenvalue weighted by Gasteiger charge is -2.36. The maximum absolute atomic E-state index is 10.7. The number of aryl methyl sites for hydroxylation is 1. The summed E-state index contributed by atoms with van der Waals surface area (Å²) in [6, 6.07) is 3.59. The molecule has 3 rings (SSSR count). The standard InChI is InChI=1S/C18H25N3O4/c1-5-6-16-19-18(25-20-16)11(2)21-9-12-14(23-3)7-8-15(24-4)17(12)13(22)10-21/h7-8,11,13,22H,5-6,9-10H2,1-4H3/t11-,13-/m1/s1. The van der Waals surface area contributed by atoms with Gasteiger partial charge in [-0.25, -0.2) is 0 Å². The normalized spacial score (nSPS) is 18.7. The first kappa shape index (κ1) is 17.7. The number of rotatable bonds is 6. The van der Waals surface area contributed by atoms with Gasteiger partial charge in [0.2, 0.25) is 5.89 Å². The average molecular weight is 347 g/mol. The molecule has 0 aliphatic carbocycles. The number of hydrogen-bond donors (Lipinski definition) is 1. The zero-order chi connectivity index (χ0) is 18.0. The molecule has 0 saturated heterocycles. The number of hydrogen-bond acceptors (Lipinski definition) is 7. The maximum Gasteiger partial charge on any atom is 0.243 e. The third-order valence-corrected chi connectivity index (χ3v) is 4.68. The van der Waals surface area contributed by atoms with E-state index >= 15 is 0 Å². The number of aliphatic hydroxyl groups is 1. The summed E-state index contributed by atoms with van der Waals surface area (Å²) in [7, 11) is 3.24. The number of β-amino-alcohol motifs (C(OH)–C–C–N with tert-alkyl or cyclic N) is 1. The molecule has 7 nitrogen and oxygen atoms in total. The van der Waals surface area contributed by atoms with Crippen molar-refractivity contribution in [1.29, 1.82) is 0 Å². The van der Waals surface area contributed by atoms with Crippen LogP contribution in [0.25, 0.3) is 0 Å². The van der Waals surface area contributed by atoms with Crippen LogP contribution in [0, 0.1) is 0 Å². The van der Waals surface area contributed by atoms with E-state index < -0.39 is 6.10 Å². The fourth-order valence-corrected chi connectivity index (χ4v) is 3.32. The molecule has 2 aromatic rings. The molecule has 1 aliphatic heterocycles. The third kappa shape index (κ3) is 3.34. The molecule has 136 valence electrons. The van der Waals surface area contributed by atoms with E-state index in [9.17, 15) is 5.11 Å². The van der Waals surface area contributed by atoms with Gasteiger partial charge >= 0.3 is 0 Å². The van der Waals surface area contributed by atoms with Crippen LogP contribution in [0.3, 0.4) is 0 Å². The molecule has 2 heterocycles. The van der Waals surface area contributed by atoms with Crippen LogP contribution in [0.2, 0.25) is 0 Å². The second kappa shape index (κ2) is 7.41. The fraction of sp³-hybridized carbons (Fsp3) is 0.556. The van der Waals surface area contributed by atoms with Gasteiger partial charge in [0.25, 0.3) is 0 Å². The first-order valence-electron chi connectivity index (χ1n) is 8.57. The molecule has 0 unspecified atom stereocenters. The highest BCUT2D eigenvalue weighted by molar-refractivity contribution is 5.51. The van der Waals surface area contributed by atoms with E-state index in [-0.39, 0.29) is 6.04 Å². The number of fused-ring (bicyclic) bond motifs is 1. The zero-order valence-corrected chi connectivity index (χ0v) is 15.2. The summed E-state index contributed by atoms with van der Waals surface area (Å²) in [6.07, 6.45) is 1.10. The van der Waals surface area contributed by atoms with Crippen LogP contribution in [-0.2, 0) is 13.0 Å². The summed E-state index contributed by atoms with van der Waals surface area (Å²) in [6.45, 7) is 5.16. The summed E-state index contributed by atoms with van der Waals surface area (Å²) >= 11 is 0. The van der Waals surface area contributed by atoms with Crippen molar-refractivity contribution in [2.45, 2.75) is 45.4 Å². The van der Waals surface area contributed by atoms with Gasteiger partial charge in [0.1, 0.15) is 11.5 Å². The number of benzene rings is 1. The molecule has 1 N–H and O–H groups in total. The van der Waals surface area contributed by atoms with Crippen LogP contribution >= 0.6 is 0 Å². The molecule has 7 heteroatoms. The number of aromatic nitrogens is 2. The summed E-state index contributed by atoms with van der Waals surface area (Å²) < 4.78 is 16.3. The number of aliphatic hydroxyl groups excluding tert-OH is 1. The molecular weight excluding hydrogens is 322 g/mol. The Morgan fingerprint density at radius 1 is 1.32 bits per heavy atom. The lowest BCUT2D eigenvalue weighted by atomic mass is 9.94. The molecule has 0 amide bonds. The smallest absolute Gasteiger partial charge is 0.243 e. The van der Waals surface area contributed by atoms with Gasteiger partial charge in [-0.1, -0.05) is 12.1 Å². The highest BCUT2D eigenvalue weighted by Crippen LogP contribution is 2.41. The van der Waals surface area contributed by atoms with Crippen LogP contribution in [0.4, 0.5) is 0 Å². The average Bonchev–Trinajstić information content (AvgIpc) is 3.08. The van der Waals surface area contributed by atoms with E-state index in [1.54, 1.807) is 14.2 Å². The highest BCUT2D eigenvalue weighted by Gasteiger charge is 2.33. The topological polar surface area (TPSA) is 80.9 Å². The molecule has 0 saturated carbocycles. The fourth-order valence-electron chi connectivity index (χ4n) is 3.32. The minimum atomic E-state index is -0.672. The Balaban J connectivity index is 1.89. The largest absolute Gasteiger partial charge is 0.496 e. The quantitative estimate of drug-likeness (QED) is 0.860. The number of methoxy groups -OCH3 is 2. The van der Waals surface area contributed by atoms with Gasteiger partial charge in [-0.2, -0.15) is 4.98 Å². The van der Waals surface area contributed by atoms with Gasteiger partial charge in [0, 0.05) is 30.6 Å². The second-order valence-electron chi connectivity index (χ2n) is 6.28. The summed E-state index contributed by atoms with van der Waals surface area (Å²) in [4.78, 5) is 6.58. The van der Waals surface area contributed by atoms with Crippen LogP contribution in [0.5, 0.6) is 11.5 Å². The molecular formula is C18H25N3O4. The molecule has 0 bridgehead atoms. The maximum atomic E-state index is 10.7. The highest BCUT2D eigenvalue weighted by atomic mass is 16.5. The Hall–Kier alpha value is -2.12. The van der Waals surface area contributed by atoms with E-state index in [2.05, 4.69) is 22.0 Å². The summed E-state index contributed by atoms with van der Waals surface area (Å²) in [5, 5.41) is 14.7. The van der Waals surface area contributed by atoms with Crippen LogP contribution in [0.15, 0.2) is 16.7 Å². The van der Waals surface area contributed by atoms with E-state index in [0.29, 0.717) is 24.7 Å². The van der Waals surface area contributed by atoms with E-state index in [0.717, 1.165) is 35.5 Å². The van der Waals surface area contributed by atoms with E-state index in [1.165, 1.54) is 0 Å². The Morgan fingerprint density at radius 3 is 2.72 bits per heavy atom. The monoisotopic (exact) mass is 347 g/mol. The van der Waals surface area contributed by atoms with Gasteiger partial charge in [-0.05, 0) is 25.5 Å². The van der Waals surface area contributed by atoms with Crippen LogP contribution in [-0.4, -0.2) is 40.9 Å². The van der Waals surface area contributed by atoms with Crippen molar-refractivity contribution in [2.24, 2.45) is 0 Å². The molecule has 1 aliphatic rings. The Bertz CT molecular complexity index is 731. The van der Waals surface area contributed by atoms with Crippen molar-refractivity contribution < 1.29 is 19.1 Å². The minimum absolute atomic E-state index is 0.100. The SMILES string of the molecule is CCCc1noc([C@@H](C)N2Cc3c(OC)ccc(OC)c3[C@H](O)C2)n1. The molecule has 0 fully saturated rings. The minimum Gasteiger partial charge on any atom is -0.496 e. The Kier molecular flexibility index (Phi) is 5.24. The van der Waals surface area contributed by atoms with E-state index in [4.69, 9.17) is 14.0 Å². The second-order valence-corrected chi connectivity index (χ2v) is 6.28. The molecule has 1 aromatic heterocycles. The van der Waals surface area contributed by atoms with Crippen molar-refractivity contribution in [1.82, 2.24) is 15.0 Å². The number of ether oxygens (including phenoxy) is 2. The van der Waals surface area contributed by atoms with Crippen molar-refractivity contribution in [3.05, 3.63) is 35.0 Å². The lowest BCUT2D eigenvalue weighted by molar-refractivity contribution is 0.0567. The van der Waals surface area contributed by atoms with Crippen molar-refractivity contribution in [3.8, 4) is 11.5 Å². The predicted octanol–water partition coefficient (Wildman–Crippen LogP) is 2.65. The van der Waals surface area contributed by atoms with Gasteiger partial charge in [-0.3, -0.25) is 4.90 Å². The zero-order valence-electron chi connectivity index (χ0n) is 15.2. The molecule has 25 heavy (non-hydrogen) atoms.